The number of ether oxygens (including phenoxy) is 2. The Labute approximate surface area is 184 Å². The standard InChI is InChI=1S/C22H33FN2O5S/c1-16(13-29-10-9-20(26)30-21(2,3)4)24-17-11-22(12-17)14-25(15-22)31(27,28)19-8-6-5-7-18(19)23/h5-8,16-17,24H,9-15H2,1-4H3/t16-/m1/s1. The minimum Gasteiger partial charge on any atom is -0.460 e. The number of hydrogen-bond donors (Lipinski definition) is 1. The van der Waals surface area contributed by atoms with Gasteiger partial charge in [-0.1, -0.05) is 12.1 Å². The van der Waals surface area contributed by atoms with Crippen molar-refractivity contribution in [1.29, 1.82) is 0 Å². The summed E-state index contributed by atoms with van der Waals surface area (Å²) in [7, 11) is -3.77. The Morgan fingerprint density at radius 1 is 1.29 bits per heavy atom. The van der Waals surface area contributed by atoms with Crippen molar-refractivity contribution in [3.8, 4) is 0 Å². The van der Waals surface area contributed by atoms with E-state index in [1.807, 2.05) is 27.7 Å². The molecule has 2 aliphatic rings. The maximum atomic E-state index is 13.9. The Kier molecular flexibility index (Phi) is 7.10. The average Bonchev–Trinajstić information content (AvgIpc) is 2.58. The second kappa shape index (κ2) is 9.13. The highest BCUT2D eigenvalue weighted by Gasteiger charge is 2.55. The van der Waals surface area contributed by atoms with E-state index in [-0.39, 0.29) is 28.7 Å². The first-order valence-electron chi connectivity index (χ1n) is 10.7. The lowest BCUT2D eigenvalue weighted by Crippen LogP contribution is -2.67. The van der Waals surface area contributed by atoms with Gasteiger partial charge in [0.1, 0.15) is 16.3 Å². The van der Waals surface area contributed by atoms with Crippen LogP contribution in [0.5, 0.6) is 0 Å². The summed E-state index contributed by atoms with van der Waals surface area (Å²) < 4.78 is 51.3. The van der Waals surface area contributed by atoms with E-state index in [2.05, 4.69) is 5.32 Å². The molecule has 3 rings (SSSR count). The van der Waals surface area contributed by atoms with Gasteiger partial charge in [-0.25, -0.2) is 12.8 Å². The first kappa shape index (κ1) is 24.1. The van der Waals surface area contributed by atoms with Gasteiger partial charge in [0.2, 0.25) is 10.0 Å². The molecule has 7 nitrogen and oxygen atoms in total. The Morgan fingerprint density at radius 2 is 1.94 bits per heavy atom. The predicted octanol–water partition coefficient (Wildman–Crippen LogP) is 2.71. The van der Waals surface area contributed by atoms with Crippen LogP contribution in [-0.2, 0) is 24.3 Å². The third-order valence-electron chi connectivity index (χ3n) is 5.60. The van der Waals surface area contributed by atoms with Gasteiger partial charge in [0.25, 0.3) is 0 Å². The number of benzene rings is 1. The van der Waals surface area contributed by atoms with E-state index in [1.54, 1.807) is 0 Å². The number of halogens is 1. The van der Waals surface area contributed by atoms with Crippen LogP contribution < -0.4 is 5.32 Å². The molecule has 1 saturated heterocycles. The SMILES string of the molecule is C[C@H](COCCC(=O)OC(C)(C)C)NC1CC2(C1)CN(S(=O)(=O)c1ccccc1F)C2. The van der Waals surface area contributed by atoms with Crippen molar-refractivity contribution in [1.82, 2.24) is 9.62 Å². The molecular weight excluding hydrogens is 423 g/mol. The lowest BCUT2D eigenvalue weighted by atomic mass is 9.61. The highest BCUT2D eigenvalue weighted by atomic mass is 32.2. The van der Waals surface area contributed by atoms with Gasteiger partial charge in [-0.3, -0.25) is 4.79 Å². The maximum Gasteiger partial charge on any atom is 0.308 e. The summed E-state index contributed by atoms with van der Waals surface area (Å²) in [5.74, 6) is -0.981. The van der Waals surface area contributed by atoms with Crippen molar-refractivity contribution >= 4 is 16.0 Å². The van der Waals surface area contributed by atoms with Crippen molar-refractivity contribution in [3.05, 3.63) is 30.1 Å². The molecule has 0 unspecified atom stereocenters. The van der Waals surface area contributed by atoms with Crippen LogP contribution in [0.4, 0.5) is 4.39 Å². The molecule has 1 N–H and O–H groups in total. The minimum absolute atomic E-state index is 0.00666. The van der Waals surface area contributed by atoms with E-state index in [4.69, 9.17) is 9.47 Å². The van der Waals surface area contributed by atoms with Crippen molar-refractivity contribution in [2.45, 2.75) is 69.5 Å². The van der Waals surface area contributed by atoms with Gasteiger partial charge in [0.05, 0.1) is 19.6 Å². The van der Waals surface area contributed by atoms with Crippen molar-refractivity contribution in [3.63, 3.8) is 0 Å². The molecule has 0 amide bonds. The molecule has 1 aliphatic carbocycles. The fraction of sp³-hybridized carbons (Fsp3) is 0.682. The van der Waals surface area contributed by atoms with Crippen molar-refractivity contribution in [2.24, 2.45) is 5.41 Å². The highest BCUT2D eigenvalue weighted by molar-refractivity contribution is 7.89. The number of hydrogen-bond acceptors (Lipinski definition) is 6. The zero-order valence-corrected chi connectivity index (χ0v) is 19.5. The number of carbonyl (C=O) groups is 1. The highest BCUT2D eigenvalue weighted by Crippen LogP contribution is 2.50. The van der Waals surface area contributed by atoms with E-state index in [9.17, 15) is 17.6 Å². The van der Waals surface area contributed by atoms with Crippen LogP contribution in [0, 0.1) is 11.2 Å². The molecule has 9 heteroatoms. The Balaban J connectivity index is 1.33. The fourth-order valence-electron chi connectivity index (χ4n) is 4.29. The van der Waals surface area contributed by atoms with E-state index < -0.39 is 21.4 Å². The predicted molar refractivity (Wildman–Crippen MR) is 114 cm³/mol. The normalized spacial score (nSPS) is 20.2. The van der Waals surface area contributed by atoms with Crippen LogP contribution in [0.25, 0.3) is 0 Å². The largest absolute Gasteiger partial charge is 0.460 e. The topological polar surface area (TPSA) is 84.9 Å². The fourth-order valence-corrected chi connectivity index (χ4v) is 6.02. The molecule has 0 bridgehead atoms. The third kappa shape index (κ3) is 6.03. The molecule has 1 aromatic carbocycles. The Morgan fingerprint density at radius 3 is 2.55 bits per heavy atom. The third-order valence-corrected chi connectivity index (χ3v) is 7.42. The zero-order valence-electron chi connectivity index (χ0n) is 18.7. The molecule has 2 fully saturated rings. The number of nitrogens with zero attached hydrogens (tertiary/aromatic N) is 1. The van der Waals surface area contributed by atoms with Crippen LogP contribution >= 0.6 is 0 Å². The van der Waals surface area contributed by atoms with Gasteiger partial charge in [-0.05, 0) is 52.7 Å². The second-order valence-electron chi connectivity index (χ2n) is 9.79. The molecule has 31 heavy (non-hydrogen) atoms. The van der Waals surface area contributed by atoms with Gasteiger partial charge in [0.15, 0.2) is 0 Å². The monoisotopic (exact) mass is 456 g/mol. The van der Waals surface area contributed by atoms with Gasteiger partial charge in [-0.2, -0.15) is 4.31 Å². The summed E-state index contributed by atoms with van der Waals surface area (Å²) in [4.78, 5) is 11.4. The quantitative estimate of drug-likeness (QED) is 0.454. The summed E-state index contributed by atoms with van der Waals surface area (Å²) in [6.45, 7) is 9.19. The number of esters is 1. The number of sulfonamides is 1. The number of nitrogens with one attached hydrogen (secondary N) is 1. The van der Waals surface area contributed by atoms with E-state index >= 15 is 0 Å². The van der Waals surface area contributed by atoms with E-state index in [0.29, 0.717) is 32.3 Å². The summed E-state index contributed by atoms with van der Waals surface area (Å²) >= 11 is 0. The van der Waals surface area contributed by atoms with Gasteiger partial charge >= 0.3 is 5.97 Å². The van der Waals surface area contributed by atoms with E-state index in [1.165, 1.54) is 28.6 Å². The average molecular weight is 457 g/mol. The lowest BCUT2D eigenvalue weighted by Gasteiger charge is -2.58. The molecular formula is C22H33FN2O5S. The van der Waals surface area contributed by atoms with Crippen LogP contribution in [0.3, 0.4) is 0 Å². The first-order chi connectivity index (χ1) is 14.4. The van der Waals surface area contributed by atoms with Gasteiger partial charge in [0, 0.05) is 30.6 Å². The summed E-state index contributed by atoms with van der Waals surface area (Å²) in [6, 6.07) is 5.93. The molecule has 174 valence electrons. The maximum absolute atomic E-state index is 13.9. The second-order valence-corrected chi connectivity index (χ2v) is 11.7. The molecule has 0 radical (unpaired) electrons. The molecule has 1 atom stereocenters. The Hall–Kier alpha value is -1.55. The first-order valence-corrected chi connectivity index (χ1v) is 12.1. The van der Waals surface area contributed by atoms with Crippen LogP contribution in [0.15, 0.2) is 29.2 Å². The zero-order chi connectivity index (χ0) is 22.9. The minimum atomic E-state index is -3.77. The van der Waals surface area contributed by atoms with Crippen LogP contribution in [-0.4, -0.2) is 62.7 Å². The summed E-state index contributed by atoms with van der Waals surface area (Å²) in [6.07, 6.45) is 2.00. The Bertz CT molecular complexity index is 885. The summed E-state index contributed by atoms with van der Waals surface area (Å²) in [5.41, 5.74) is -0.495. The molecule has 1 spiro atoms. The molecule has 1 saturated carbocycles. The summed E-state index contributed by atoms with van der Waals surface area (Å²) in [5, 5.41) is 3.49. The van der Waals surface area contributed by atoms with Crippen LogP contribution in [0.2, 0.25) is 0 Å². The smallest absolute Gasteiger partial charge is 0.308 e. The molecule has 1 aliphatic heterocycles. The van der Waals surface area contributed by atoms with Gasteiger partial charge in [-0.15, -0.1) is 0 Å². The van der Waals surface area contributed by atoms with Gasteiger partial charge < -0.3 is 14.8 Å². The molecule has 0 aromatic heterocycles. The van der Waals surface area contributed by atoms with Crippen molar-refractivity contribution < 1.29 is 27.1 Å². The van der Waals surface area contributed by atoms with Crippen molar-refractivity contribution in [2.75, 3.05) is 26.3 Å². The number of rotatable bonds is 9. The number of carbonyl (C=O) groups excluding carboxylic acids is 1. The molecule has 1 aromatic rings. The van der Waals surface area contributed by atoms with E-state index in [0.717, 1.165) is 12.8 Å². The lowest BCUT2D eigenvalue weighted by molar-refractivity contribution is -0.156. The molecule has 1 heterocycles. The van der Waals surface area contributed by atoms with Crippen LogP contribution in [0.1, 0.15) is 47.0 Å².